The maximum absolute atomic E-state index is 12.6. The van der Waals surface area contributed by atoms with E-state index in [4.69, 9.17) is 0 Å². The number of piperidine rings is 1. The van der Waals surface area contributed by atoms with Gasteiger partial charge in [-0.25, -0.2) is 9.59 Å². The lowest BCUT2D eigenvalue weighted by atomic mass is 10.0. The highest BCUT2D eigenvalue weighted by Gasteiger charge is 2.39. The lowest BCUT2D eigenvalue weighted by Gasteiger charge is -2.37. The van der Waals surface area contributed by atoms with Crippen molar-refractivity contribution in [2.24, 2.45) is 5.92 Å². The summed E-state index contributed by atoms with van der Waals surface area (Å²) < 4.78 is 0. The monoisotopic (exact) mass is 268 g/mol. The van der Waals surface area contributed by atoms with Gasteiger partial charge in [0.2, 0.25) is 0 Å². The summed E-state index contributed by atoms with van der Waals surface area (Å²) in [5.74, 6) is -0.453. The highest BCUT2D eigenvalue weighted by atomic mass is 16.4. The Kier molecular flexibility index (Phi) is 4.32. The highest BCUT2D eigenvalue weighted by molar-refractivity contribution is 5.83. The second-order valence-corrected chi connectivity index (χ2v) is 6.10. The number of hydrogen-bond acceptors (Lipinski definition) is 2. The minimum absolute atomic E-state index is 0.0664. The van der Waals surface area contributed by atoms with Crippen molar-refractivity contribution < 1.29 is 14.7 Å². The van der Waals surface area contributed by atoms with E-state index in [0.29, 0.717) is 24.9 Å². The van der Waals surface area contributed by atoms with Crippen LogP contribution in [0.15, 0.2) is 0 Å². The minimum atomic E-state index is -0.867. The Hall–Kier alpha value is -1.26. The molecule has 1 aliphatic carbocycles. The van der Waals surface area contributed by atoms with Gasteiger partial charge in [-0.3, -0.25) is 0 Å². The molecule has 2 rings (SSSR count). The maximum atomic E-state index is 12.6. The van der Waals surface area contributed by atoms with Crippen LogP contribution in [0.3, 0.4) is 0 Å². The zero-order valence-corrected chi connectivity index (χ0v) is 11.8. The maximum Gasteiger partial charge on any atom is 0.326 e. The quantitative estimate of drug-likeness (QED) is 0.850. The predicted octanol–water partition coefficient (Wildman–Crippen LogP) is 2.17. The van der Waals surface area contributed by atoms with Crippen molar-refractivity contribution in [1.29, 1.82) is 0 Å². The van der Waals surface area contributed by atoms with E-state index >= 15 is 0 Å². The first-order chi connectivity index (χ1) is 9.00. The molecule has 1 unspecified atom stereocenters. The van der Waals surface area contributed by atoms with Gasteiger partial charge in [-0.2, -0.15) is 0 Å². The summed E-state index contributed by atoms with van der Waals surface area (Å²) in [7, 11) is 0. The average Bonchev–Trinajstić information content (AvgIpc) is 3.19. The van der Waals surface area contributed by atoms with Crippen molar-refractivity contribution in [2.45, 2.75) is 58.0 Å². The third-order valence-electron chi connectivity index (χ3n) is 3.83. The van der Waals surface area contributed by atoms with Gasteiger partial charge in [0, 0.05) is 19.1 Å². The van der Waals surface area contributed by atoms with Crippen LogP contribution in [0.1, 0.15) is 46.0 Å². The Bertz CT molecular complexity index is 353. The van der Waals surface area contributed by atoms with Crippen molar-refractivity contribution in [3.05, 3.63) is 0 Å². The van der Waals surface area contributed by atoms with E-state index in [0.717, 1.165) is 32.2 Å². The second kappa shape index (κ2) is 5.80. The van der Waals surface area contributed by atoms with E-state index < -0.39 is 12.0 Å². The van der Waals surface area contributed by atoms with Gasteiger partial charge >= 0.3 is 12.0 Å². The highest BCUT2D eigenvalue weighted by Crippen LogP contribution is 2.30. The lowest BCUT2D eigenvalue weighted by molar-refractivity contribution is -0.143. The van der Waals surface area contributed by atoms with E-state index in [1.54, 1.807) is 4.90 Å². The summed E-state index contributed by atoms with van der Waals surface area (Å²) in [5.41, 5.74) is 0. The Labute approximate surface area is 114 Å². The van der Waals surface area contributed by atoms with Gasteiger partial charge in [-0.05, 0) is 38.0 Å². The van der Waals surface area contributed by atoms with Crippen molar-refractivity contribution in [3.63, 3.8) is 0 Å². The minimum Gasteiger partial charge on any atom is -0.480 e. The molecule has 0 spiro atoms. The van der Waals surface area contributed by atoms with Gasteiger partial charge < -0.3 is 14.9 Å². The van der Waals surface area contributed by atoms with Gasteiger partial charge in [0.25, 0.3) is 0 Å². The molecule has 0 bridgehead atoms. The first kappa shape index (κ1) is 14.2. The number of hydrogen-bond donors (Lipinski definition) is 1. The van der Waals surface area contributed by atoms with Gasteiger partial charge in [0.1, 0.15) is 6.04 Å². The van der Waals surface area contributed by atoms with Crippen LogP contribution in [0.5, 0.6) is 0 Å². The van der Waals surface area contributed by atoms with E-state index in [9.17, 15) is 14.7 Å². The second-order valence-electron chi connectivity index (χ2n) is 6.10. The summed E-state index contributed by atoms with van der Waals surface area (Å²) in [4.78, 5) is 27.4. The van der Waals surface area contributed by atoms with Gasteiger partial charge in [-0.15, -0.1) is 0 Å². The molecule has 1 atom stereocenters. The Morgan fingerprint density at radius 1 is 1.26 bits per heavy atom. The molecule has 2 aliphatic rings. The molecule has 5 nitrogen and oxygen atoms in total. The third-order valence-corrected chi connectivity index (χ3v) is 3.83. The first-order valence-corrected chi connectivity index (χ1v) is 7.30. The SMILES string of the molecule is CC(C)CN(C(=O)N1CCCCC1C(=O)O)C1CC1. The molecular weight excluding hydrogens is 244 g/mol. The summed E-state index contributed by atoms with van der Waals surface area (Å²) >= 11 is 0. The summed E-state index contributed by atoms with van der Waals surface area (Å²) in [6.45, 7) is 5.49. The van der Waals surface area contributed by atoms with E-state index in [1.165, 1.54) is 0 Å². The number of urea groups is 1. The Morgan fingerprint density at radius 3 is 2.47 bits per heavy atom. The number of carbonyl (C=O) groups is 2. The number of nitrogens with zero attached hydrogens (tertiary/aromatic N) is 2. The lowest BCUT2D eigenvalue weighted by Crippen LogP contribution is -2.54. The van der Waals surface area contributed by atoms with Crippen LogP contribution in [-0.2, 0) is 4.79 Å². The number of likely N-dealkylation sites (tertiary alicyclic amines) is 1. The van der Waals surface area contributed by atoms with E-state index in [1.807, 2.05) is 4.90 Å². The zero-order chi connectivity index (χ0) is 14.0. The summed E-state index contributed by atoms with van der Waals surface area (Å²) in [5, 5.41) is 9.26. The molecule has 0 aromatic carbocycles. The van der Waals surface area contributed by atoms with Crippen molar-refractivity contribution in [2.75, 3.05) is 13.1 Å². The normalized spacial score (nSPS) is 23.5. The number of carboxylic acids is 1. The molecular formula is C14H24N2O3. The molecule has 1 aliphatic heterocycles. The van der Waals surface area contributed by atoms with Crippen LogP contribution in [-0.4, -0.2) is 52.1 Å². The molecule has 19 heavy (non-hydrogen) atoms. The smallest absolute Gasteiger partial charge is 0.326 e. The predicted molar refractivity (Wildman–Crippen MR) is 71.9 cm³/mol. The van der Waals surface area contributed by atoms with Crippen LogP contribution in [0.25, 0.3) is 0 Å². The fraction of sp³-hybridized carbons (Fsp3) is 0.857. The summed E-state index contributed by atoms with van der Waals surface area (Å²) in [6, 6.07) is -0.357. The Morgan fingerprint density at radius 2 is 1.95 bits per heavy atom. The number of carboxylic acid groups (broad SMARTS) is 1. The molecule has 2 fully saturated rings. The van der Waals surface area contributed by atoms with Gasteiger partial charge in [-0.1, -0.05) is 13.8 Å². The molecule has 1 heterocycles. The van der Waals surface area contributed by atoms with Crippen LogP contribution in [0.4, 0.5) is 4.79 Å². The molecule has 0 radical (unpaired) electrons. The Balaban J connectivity index is 2.08. The fourth-order valence-electron chi connectivity index (χ4n) is 2.75. The van der Waals surface area contributed by atoms with Crippen LogP contribution >= 0.6 is 0 Å². The zero-order valence-electron chi connectivity index (χ0n) is 11.8. The number of aliphatic carboxylic acids is 1. The molecule has 5 heteroatoms. The van der Waals surface area contributed by atoms with E-state index in [2.05, 4.69) is 13.8 Å². The van der Waals surface area contributed by atoms with E-state index in [-0.39, 0.29) is 6.03 Å². The van der Waals surface area contributed by atoms with Crippen LogP contribution < -0.4 is 0 Å². The van der Waals surface area contributed by atoms with Gasteiger partial charge in [0.15, 0.2) is 0 Å². The van der Waals surface area contributed by atoms with Crippen molar-refractivity contribution in [1.82, 2.24) is 9.80 Å². The molecule has 1 N–H and O–H groups in total. The number of rotatable bonds is 4. The molecule has 1 saturated heterocycles. The first-order valence-electron chi connectivity index (χ1n) is 7.30. The summed E-state index contributed by atoms with van der Waals surface area (Å²) in [6.07, 6.45) is 4.51. The standard InChI is InChI=1S/C14H24N2O3/c1-10(2)9-16(11-6-7-11)14(19)15-8-4-3-5-12(15)13(17)18/h10-12H,3-9H2,1-2H3,(H,17,18). The van der Waals surface area contributed by atoms with Gasteiger partial charge in [0.05, 0.1) is 0 Å². The average molecular weight is 268 g/mol. The largest absolute Gasteiger partial charge is 0.480 e. The van der Waals surface area contributed by atoms with Crippen LogP contribution in [0.2, 0.25) is 0 Å². The molecule has 0 aromatic heterocycles. The molecule has 1 saturated carbocycles. The molecule has 0 aromatic rings. The number of carbonyl (C=O) groups excluding carboxylic acids is 1. The third kappa shape index (κ3) is 3.39. The number of amides is 2. The molecule has 108 valence electrons. The molecule has 2 amide bonds. The van der Waals surface area contributed by atoms with Crippen LogP contribution in [0, 0.1) is 5.92 Å². The van der Waals surface area contributed by atoms with Crippen molar-refractivity contribution >= 4 is 12.0 Å². The fourth-order valence-corrected chi connectivity index (χ4v) is 2.75. The van der Waals surface area contributed by atoms with Crippen molar-refractivity contribution in [3.8, 4) is 0 Å². The topological polar surface area (TPSA) is 60.9 Å².